The average Bonchev–Trinajstić information content (AvgIpc) is 3.02. The predicted octanol–water partition coefficient (Wildman–Crippen LogP) is 2.38. The van der Waals surface area contributed by atoms with Crippen molar-refractivity contribution in [3.05, 3.63) is 21.4 Å². The van der Waals surface area contributed by atoms with Crippen LogP contribution in [0.4, 0.5) is 0 Å². The average molecular weight is 276 g/mol. The number of hydrogen-bond donors (Lipinski definition) is 1. The van der Waals surface area contributed by atoms with Gasteiger partial charge in [0.15, 0.2) is 0 Å². The molecule has 0 aromatic carbocycles. The summed E-state index contributed by atoms with van der Waals surface area (Å²) in [6.07, 6.45) is 3.29. The van der Waals surface area contributed by atoms with Crippen molar-refractivity contribution in [2.75, 3.05) is 13.1 Å². The first-order valence-corrected chi connectivity index (χ1v) is 7.59. The second kappa shape index (κ2) is 6.23. The largest absolute Gasteiger partial charge is 0.335 e. The van der Waals surface area contributed by atoms with Gasteiger partial charge in [-0.3, -0.25) is 4.79 Å². The lowest BCUT2D eigenvalue weighted by Crippen LogP contribution is -2.34. The van der Waals surface area contributed by atoms with Crippen molar-refractivity contribution < 1.29 is 4.79 Å². The van der Waals surface area contributed by atoms with Gasteiger partial charge in [0.1, 0.15) is 0 Å². The second-order valence-corrected chi connectivity index (χ2v) is 5.88. The number of nitrogens with zero attached hydrogens (tertiary/aromatic N) is 1. The Hall–Kier alpha value is -1.31. The summed E-state index contributed by atoms with van der Waals surface area (Å²) < 4.78 is 0. The zero-order valence-electron chi connectivity index (χ0n) is 11.5. The van der Waals surface area contributed by atoms with E-state index in [0.29, 0.717) is 12.6 Å². The number of nitrogens with two attached hydrogens (primary N) is 1. The maximum absolute atomic E-state index is 12.5. The number of likely N-dealkylation sites (tertiary alicyclic amines) is 1. The van der Waals surface area contributed by atoms with E-state index in [-0.39, 0.29) is 5.91 Å². The summed E-state index contributed by atoms with van der Waals surface area (Å²) in [7, 11) is 0. The van der Waals surface area contributed by atoms with Crippen LogP contribution in [0.15, 0.2) is 6.07 Å². The van der Waals surface area contributed by atoms with Crippen LogP contribution in [-0.4, -0.2) is 29.9 Å². The van der Waals surface area contributed by atoms with Gasteiger partial charge < -0.3 is 10.6 Å². The minimum atomic E-state index is 0.165. The van der Waals surface area contributed by atoms with Crippen LogP contribution in [0, 0.1) is 18.8 Å². The topological polar surface area (TPSA) is 46.3 Å². The maximum atomic E-state index is 12.5. The molecule has 1 amide bonds. The van der Waals surface area contributed by atoms with E-state index in [2.05, 4.69) is 18.8 Å². The fourth-order valence-corrected chi connectivity index (χ4v) is 3.52. The predicted molar refractivity (Wildman–Crippen MR) is 79.3 cm³/mol. The number of rotatable bonds is 2. The lowest BCUT2D eigenvalue weighted by molar-refractivity contribution is 0.0738. The first-order chi connectivity index (χ1) is 9.17. The van der Waals surface area contributed by atoms with Crippen LogP contribution in [0.5, 0.6) is 0 Å². The maximum Gasteiger partial charge on any atom is 0.264 e. The Morgan fingerprint density at radius 1 is 1.63 bits per heavy atom. The van der Waals surface area contributed by atoms with E-state index in [9.17, 15) is 4.79 Å². The van der Waals surface area contributed by atoms with Crippen molar-refractivity contribution in [3.8, 4) is 11.8 Å². The third-order valence-corrected chi connectivity index (χ3v) is 4.68. The molecule has 2 heterocycles. The monoisotopic (exact) mass is 276 g/mol. The van der Waals surface area contributed by atoms with Crippen LogP contribution >= 0.6 is 11.3 Å². The molecule has 0 aliphatic carbocycles. The molecule has 1 aromatic heterocycles. The van der Waals surface area contributed by atoms with Crippen LogP contribution in [-0.2, 0) is 0 Å². The van der Waals surface area contributed by atoms with Crippen LogP contribution in [0.1, 0.15) is 46.3 Å². The van der Waals surface area contributed by atoms with E-state index in [1.165, 1.54) is 11.3 Å². The van der Waals surface area contributed by atoms with Crippen molar-refractivity contribution in [2.45, 2.75) is 39.2 Å². The summed E-state index contributed by atoms with van der Waals surface area (Å²) >= 11 is 1.49. The third-order valence-electron chi connectivity index (χ3n) is 3.54. The molecule has 2 N–H and O–H groups in total. The molecule has 1 aliphatic rings. The molecule has 2 rings (SSSR count). The Labute approximate surface area is 118 Å². The molecule has 0 saturated carbocycles. The zero-order chi connectivity index (χ0) is 13.8. The Balaban J connectivity index is 2.20. The van der Waals surface area contributed by atoms with Gasteiger partial charge in [-0.1, -0.05) is 18.8 Å². The van der Waals surface area contributed by atoms with Gasteiger partial charge in [0.05, 0.1) is 16.3 Å². The number of amides is 1. The highest BCUT2D eigenvalue weighted by atomic mass is 32.1. The molecule has 0 bridgehead atoms. The van der Waals surface area contributed by atoms with Gasteiger partial charge in [-0.15, -0.1) is 11.3 Å². The van der Waals surface area contributed by atoms with Crippen molar-refractivity contribution in [2.24, 2.45) is 5.73 Å². The summed E-state index contributed by atoms with van der Waals surface area (Å²) in [5.41, 5.74) is 6.46. The molecular formula is C15H20N2OS. The SMILES string of the molecule is CCC1CCCN1C(=O)c1cc(C)c(C#CCN)s1. The van der Waals surface area contributed by atoms with Crippen molar-refractivity contribution in [3.63, 3.8) is 0 Å². The molecule has 1 saturated heterocycles. The quantitative estimate of drug-likeness (QED) is 0.843. The zero-order valence-corrected chi connectivity index (χ0v) is 12.3. The van der Waals surface area contributed by atoms with Gasteiger partial charge in [0.2, 0.25) is 0 Å². The fraction of sp³-hybridized carbons (Fsp3) is 0.533. The number of carbonyl (C=O) groups excluding carboxylic acids is 1. The Bertz CT molecular complexity index is 524. The van der Waals surface area contributed by atoms with E-state index < -0.39 is 0 Å². The van der Waals surface area contributed by atoms with Gasteiger partial charge in [-0.05, 0) is 37.8 Å². The van der Waals surface area contributed by atoms with Crippen LogP contribution < -0.4 is 5.73 Å². The lowest BCUT2D eigenvalue weighted by atomic mass is 10.1. The molecule has 19 heavy (non-hydrogen) atoms. The van der Waals surface area contributed by atoms with Crippen molar-refractivity contribution >= 4 is 17.2 Å². The second-order valence-electron chi connectivity index (χ2n) is 4.83. The molecule has 1 aliphatic heterocycles. The highest BCUT2D eigenvalue weighted by Crippen LogP contribution is 2.27. The normalized spacial score (nSPS) is 18.3. The highest BCUT2D eigenvalue weighted by Gasteiger charge is 2.29. The molecule has 0 spiro atoms. The summed E-state index contributed by atoms with van der Waals surface area (Å²) in [6.45, 7) is 5.38. The Morgan fingerprint density at radius 2 is 2.42 bits per heavy atom. The fourth-order valence-electron chi connectivity index (χ4n) is 2.51. The summed E-state index contributed by atoms with van der Waals surface area (Å²) in [5, 5.41) is 0. The first-order valence-electron chi connectivity index (χ1n) is 6.77. The molecular weight excluding hydrogens is 256 g/mol. The molecule has 1 unspecified atom stereocenters. The van der Waals surface area contributed by atoms with E-state index in [0.717, 1.165) is 41.1 Å². The van der Waals surface area contributed by atoms with Gasteiger partial charge in [0.25, 0.3) is 5.91 Å². The molecule has 1 aromatic rings. The van der Waals surface area contributed by atoms with E-state index >= 15 is 0 Å². The molecule has 4 heteroatoms. The van der Waals surface area contributed by atoms with Gasteiger partial charge in [-0.25, -0.2) is 0 Å². The molecule has 1 atom stereocenters. The highest BCUT2D eigenvalue weighted by molar-refractivity contribution is 7.14. The van der Waals surface area contributed by atoms with Crippen molar-refractivity contribution in [1.29, 1.82) is 0 Å². The van der Waals surface area contributed by atoms with E-state index in [4.69, 9.17) is 5.73 Å². The lowest BCUT2D eigenvalue weighted by Gasteiger charge is -2.22. The molecule has 0 radical (unpaired) electrons. The summed E-state index contributed by atoms with van der Waals surface area (Å²) in [6, 6.07) is 2.37. The minimum absolute atomic E-state index is 0.165. The number of thiophene rings is 1. The molecule has 102 valence electrons. The minimum Gasteiger partial charge on any atom is -0.335 e. The standard InChI is InChI=1S/C15H20N2OS/c1-3-12-6-5-9-17(12)15(18)14-10-11(2)13(19-14)7-4-8-16/h10,12H,3,5-6,8-9,16H2,1-2H3. The van der Waals surface area contributed by atoms with Gasteiger partial charge in [-0.2, -0.15) is 0 Å². The smallest absolute Gasteiger partial charge is 0.264 e. The van der Waals surface area contributed by atoms with Crippen LogP contribution in [0.2, 0.25) is 0 Å². The molecule has 3 nitrogen and oxygen atoms in total. The number of hydrogen-bond acceptors (Lipinski definition) is 3. The third kappa shape index (κ3) is 2.99. The Kier molecular flexibility index (Phi) is 4.62. The van der Waals surface area contributed by atoms with Gasteiger partial charge >= 0.3 is 0 Å². The first kappa shape index (κ1) is 14.1. The van der Waals surface area contributed by atoms with E-state index in [1.807, 2.05) is 17.9 Å². The van der Waals surface area contributed by atoms with Crippen LogP contribution in [0.3, 0.4) is 0 Å². The van der Waals surface area contributed by atoms with Crippen molar-refractivity contribution in [1.82, 2.24) is 4.90 Å². The number of carbonyl (C=O) groups is 1. The van der Waals surface area contributed by atoms with Crippen LogP contribution in [0.25, 0.3) is 0 Å². The summed E-state index contributed by atoms with van der Waals surface area (Å²) in [5.74, 6) is 6.05. The summed E-state index contributed by atoms with van der Waals surface area (Å²) in [4.78, 5) is 16.3. The van der Waals surface area contributed by atoms with Gasteiger partial charge in [0, 0.05) is 12.6 Å². The molecule has 1 fully saturated rings. The number of aryl methyl sites for hydroxylation is 1. The van der Waals surface area contributed by atoms with E-state index in [1.54, 1.807) is 0 Å². The Morgan fingerprint density at radius 3 is 3.11 bits per heavy atom.